The summed E-state index contributed by atoms with van der Waals surface area (Å²) >= 11 is 1.45. The van der Waals surface area contributed by atoms with Gasteiger partial charge in [0.05, 0.1) is 5.75 Å². The van der Waals surface area contributed by atoms with E-state index in [1.54, 1.807) is 0 Å². The Morgan fingerprint density at radius 2 is 2.05 bits per heavy atom. The van der Waals surface area contributed by atoms with E-state index in [9.17, 15) is 0 Å². The predicted molar refractivity (Wildman–Crippen MR) is 70.4 cm³/mol. The lowest BCUT2D eigenvalue weighted by Crippen LogP contribution is -1.82. The van der Waals surface area contributed by atoms with Gasteiger partial charge in [-0.3, -0.25) is 5.10 Å². The van der Waals surface area contributed by atoms with Crippen molar-refractivity contribution in [3.05, 3.63) is 42.0 Å². The number of hydrogen-bond donors (Lipinski definition) is 1. The summed E-state index contributed by atoms with van der Waals surface area (Å²) in [6.07, 6.45) is 0. The van der Waals surface area contributed by atoms with Gasteiger partial charge in [0.1, 0.15) is 5.82 Å². The predicted octanol–water partition coefficient (Wildman–Crippen LogP) is 2.46. The number of aromatic nitrogens is 5. The Labute approximate surface area is 113 Å². The molecule has 7 heteroatoms. The minimum Gasteiger partial charge on any atom is -0.420 e. The highest BCUT2D eigenvalue weighted by atomic mass is 32.2. The number of aromatic amines is 1. The van der Waals surface area contributed by atoms with Crippen LogP contribution in [-0.4, -0.2) is 25.4 Å². The monoisotopic (exact) mass is 273 g/mol. The SMILES string of the molecule is Cc1nc(SCc2nnc(-c3ccccc3)o2)n[nH]1. The van der Waals surface area contributed by atoms with Gasteiger partial charge < -0.3 is 4.42 Å². The minimum absolute atomic E-state index is 0.530. The van der Waals surface area contributed by atoms with Crippen LogP contribution < -0.4 is 0 Å². The van der Waals surface area contributed by atoms with Crippen LogP contribution in [0.25, 0.3) is 11.5 Å². The second kappa shape index (κ2) is 5.23. The van der Waals surface area contributed by atoms with Gasteiger partial charge in [-0.25, -0.2) is 4.98 Å². The topological polar surface area (TPSA) is 80.5 Å². The van der Waals surface area contributed by atoms with Gasteiger partial charge in [0, 0.05) is 5.56 Å². The molecule has 1 N–H and O–H groups in total. The molecular formula is C12H11N5OS. The first-order valence-electron chi connectivity index (χ1n) is 5.71. The van der Waals surface area contributed by atoms with Gasteiger partial charge in [0.15, 0.2) is 0 Å². The van der Waals surface area contributed by atoms with Crippen LogP contribution in [0.4, 0.5) is 0 Å². The van der Waals surface area contributed by atoms with Gasteiger partial charge >= 0.3 is 0 Å². The van der Waals surface area contributed by atoms with Gasteiger partial charge in [-0.05, 0) is 19.1 Å². The maximum absolute atomic E-state index is 5.59. The summed E-state index contributed by atoms with van der Waals surface area (Å²) in [7, 11) is 0. The molecular weight excluding hydrogens is 262 g/mol. The van der Waals surface area contributed by atoms with Gasteiger partial charge in [-0.1, -0.05) is 30.0 Å². The van der Waals surface area contributed by atoms with Crippen LogP contribution in [0.5, 0.6) is 0 Å². The first-order chi connectivity index (χ1) is 9.31. The molecule has 0 aliphatic carbocycles. The Morgan fingerprint density at radius 3 is 2.79 bits per heavy atom. The number of rotatable bonds is 4. The molecule has 0 aliphatic heterocycles. The molecule has 6 nitrogen and oxygen atoms in total. The summed E-state index contributed by atoms with van der Waals surface area (Å²) in [5, 5.41) is 15.5. The Kier molecular flexibility index (Phi) is 3.28. The fourth-order valence-electron chi connectivity index (χ4n) is 1.52. The molecule has 0 unspecified atom stereocenters. The number of H-pyrrole nitrogens is 1. The average molecular weight is 273 g/mol. The van der Waals surface area contributed by atoms with E-state index in [-0.39, 0.29) is 0 Å². The summed E-state index contributed by atoms with van der Waals surface area (Å²) in [6.45, 7) is 1.86. The molecule has 0 bridgehead atoms. The lowest BCUT2D eigenvalue weighted by molar-refractivity contribution is 0.528. The van der Waals surface area contributed by atoms with Crippen molar-refractivity contribution in [2.45, 2.75) is 17.8 Å². The minimum atomic E-state index is 0.530. The number of nitrogens with zero attached hydrogens (tertiary/aromatic N) is 4. The largest absolute Gasteiger partial charge is 0.420 e. The van der Waals surface area contributed by atoms with E-state index < -0.39 is 0 Å². The zero-order valence-corrected chi connectivity index (χ0v) is 11.0. The number of aryl methyl sites for hydroxylation is 1. The Hall–Kier alpha value is -2.15. The van der Waals surface area contributed by atoms with E-state index in [1.165, 1.54) is 11.8 Å². The third-order valence-electron chi connectivity index (χ3n) is 2.39. The van der Waals surface area contributed by atoms with Crippen LogP contribution in [0.2, 0.25) is 0 Å². The molecule has 0 aliphatic rings. The molecule has 0 spiro atoms. The maximum Gasteiger partial charge on any atom is 0.247 e. The second-order valence-corrected chi connectivity index (χ2v) is 4.80. The molecule has 2 heterocycles. The Balaban J connectivity index is 1.68. The van der Waals surface area contributed by atoms with E-state index in [4.69, 9.17) is 4.42 Å². The lowest BCUT2D eigenvalue weighted by Gasteiger charge is -1.92. The highest BCUT2D eigenvalue weighted by molar-refractivity contribution is 7.98. The van der Waals surface area contributed by atoms with Crippen molar-refractivity contribution in [2.24, 2.45) is 0 Å². The van der Waals surface area contributed by atoms with Gasteiger partial charge in [0.2, 0.25) is 16.9 Å². The summed E-state index contributed by atoms with van der Waals surface area (Å²) in [4.78, 5) is 4.20. The van der Waals surface area contributed by atoms with Crippen LogP contribution >= 0.6 is 11.8 Å². The fraction of sp³-hybridized carbons (Fsp3) is 0.167. The molecule has 0 atom stereocenters. The van der Waals surface area contributed by atoms with E-state index in [1.807, 2.05) is 37.3 Å². The van der Waals surface area contributed by atoms with Crippen molar-refractivity contribution in [3.63, 3.8) is 0 Å². The van der Waals surface area contributed by atoms with E-state index in [0.29, 0.717) is 22.7 Å². The van der Waals surface area contributed by atoms with Crippen molar-refractivity contribution in [2.75, 3.05) is 0 Å². The van der Waals surface area contributed by atoms with Crippen LogP contribution in [0.15, 0.2) is 39.9 Å². The first kappa shape index (κ1) is 11.9. The molecule has 3 aromatic rings. The maximum atomic E-state index is 5.59. The highest BCUT2D eigenvalue weighted by Crippen LogP contribution is 2.21. The molecule has 19 heavy (non-hydrogen) atoms. The number of nitrogens with one attached hydrogen (secondary N) is 1. The lowest BCUT2D eigenvalue weighted by atomic mass is 10.2. The van der Waals surface area contributed by atoms with E-state index in [2.05, 4.69) is 25.4 Å². The van der Waals surface area contributed by atoms with Crippen molar-refractivity contribution in [1.29, 1.82) is 0 Å². The van der Waals surface area contributed by atoms with Crippen LogP contribution in [0, 0.1) is 6.92 Å². The Morgan fingerprint density at radius 1 is 1.21 bits per heavy atom. The van der Waals surface area contributed by atoms with Crippen molar-refractivity contribution in [1.82, 2.24) is 25.4 Å². The summed E-state index contributed by atoms with van der Waals surface area (Å²) in [5.74, 6) is 2.43. The van der Waals surface area contributed by atoms with Gasteiger partial charge in [-0.15, -0.1) is 15.3 Å². The normalized spacial score (nSPS) is 10.8. The second-order valence-electron chi connectivity index (χ2n) is 3.86. The number of thioether (sulfide) groups is 1. The quantitative estimate of drug-likeness (QED) is 0.735. The molecule has 0 saturated heterocycles. The van der Waals surface area contributed by atoms with Crippen molar-refractivity contribution >= 4 is 11.8 Å². The smallest absolute Gasteiger partial charge is 0.247 e. The fourth-order valence-corrected chi connectivity index (χ4v) is 2.20. The van der Waals surface area contributed by atoms with E-state index >= 15 is 0 Å². The van der Waals surface area contributed by atoms with Gasteiger partial charge in [-0.2, -0.15) is 0 Å². The molecule has 96 valence electrons. The molecule has 1 aromatic carbocycles. The van der Waals surface area contributed by atoms with Crippen molar-refractivity contribution < 1.29 is 4.42 Å². The first-order valence-corrected chi connectivity index (χ1v) is 6.69. The van der Waals surface area contributed by atoms with E-state index in [0.717, 1.165) is 11.4 Å². The molecule has 0 fully saturated rings. The van der Waals surface area contributed by atoms with Crippen LogP contribution in [0.3, 0.4) is 0 Å². The van der Waals surface area contributed by atoms with Gasteiger partial charge in [0.25, 0.3) is 0 Å². The molecule has 0 amide bonds. The standard InChI is InChI=1S/C12H11N5OS/c1-8-13-12(17-14-8)19-7-10-15-16-11(18-10)9-5-3-2-4-6-9/h2-6H,7H2,1H3,(H,13,14,17). The molecule has 0 radical (unpaired) electrons. The number of benzene rings is 1. The Bertz CT molecular complexity index is 664. The zero-order valence-electron chi connectivity index (χ0n) is 10.2. The third-order valence-corrected chi connectivity index (χ3v) is 3.22. The molecule has 0 saturated carbocycles. The zero-order chi connectivity index (χ0) is 13.1. The molecule has 3 rings (SSSR count). The summed E-state index contributed by atoms with van der Waals surface area (Å²) in [5.41, 5.74) is 0.917. The summed E-state index contributed by atoms with van der Waals surface area (Å²) < 4.78 is 5.59. The third kappa shape index (κ3) is 2.82. The van der Waals surface area contributed by atoms with Crippen LogP contribution in [-0.2, 0) is 5.75 Å². The molecule has 2 aromatic heterocycles. The average Bonchev–Trinajstić information content (AvgIpc) is 3.06. The highest BCUT2D eigenvalue weighted by Gasteiger charge is 2.09. The van der Waals surface area contributed by atoms with Crippen LogP contribution in [0.1, 0.15) is 11.7 Å². The number of hydrogen-bond acceptors (Lipinski definition) is 6. The van der Waals surface area contributed by atoms with Crippen molar-refractivity contribution in [3.8, 4) is 11.5 Å². The summed E-state index contributed by atoms with van der Waals surface area (Å²) in [6, 6.07) is 9.68.